The second kappa shape index (κ2) is 9.93. The maximum Gasteiger partial charge on any atom is 0.194 e. The molecule has 2 aliphatic heterocycles. The Kier molecular flexibility index (Phi) is 7.61. The van der Waals surface area contributed by atoms with Gasteiger partial charge in [0.1, 0.15) is 0 Å². The number of nitrogens with one attached hydrogen (secondary N) is 1. The first-order valence-electron chi connectivity index (χ1n) is 9.82. The second-order valence-electron chi connectivity index (χ2n) is 7.43. The summed E-state index contributed by atoms with van der Waals surface area (Å²) in [5.74, 6) is 1.80. The molecule has 2 aliphatic rings. The lowest BCUT2D eigenvalue weighted by Crippen LogP contribution is -2.52. The van der Waals surface area contributed by atoms with Crippen molar-refractivity contribution in [1.29, 1.82) is 0 Å². The lowest BCUT2D eigenvalue weighted by Gasteiger charge is -2.36. The molecule has 26 heavy (non-hydrogen) atoms. The summed E-state index contributed by atoms with van der Waals surface area (Å²) >= 11 is 7.74. The van der Waals surface area contributed by atoms with Crippen LogP contribution < -0.4 is 5.32 Å². The Hall–Kier alpha value is -0.820. The van der Waals surface area contributed by atoms with Crippen LogP contribution in [0.3, 0.4) is 0 Å². The zero-order valence-corrected chi connectivity index (χ0v) is 17.7. The fourth-order valence-corrected chi connectivity index (χ4v) is 4.97. The van der Waals surface area contributed by atoms with E-state index in [4.69, 9.17) is 16.6 Å². The molecule has 1 atom stereocenters. The van der Waals surface area contributed by atoms with Crippen molar-refractivity contribution < 1.29 is 0 Å². The molecule has 1 N–H and O–H groups in total. The number of hydrogen-bond donors (Lipinski definition) is 1. The quantitative estimate of drug-likeness (QED) is 0.612. The fraction of sp³-hybridized carbons (Fsp3) is 0.737. The van der Waals surface area contributed by atoms with Gasteiger partial charge in [-0.2, -0.15) is 0 Å². The lowest BCUT2D eigenvalue weighted by molar-refractivity contribution is 0.173. The van der Waals surface area contributed by atoms with E-state index in [0.717, 1.165) is 56.1 Å². The predicted octanol–water partition coefficient (Wildman–Crippen LogP) is 2.83. The Labute approximate surface area is 167 Å². The van der Waals surface area contributed by atoms with Crippen molar-refractivity contribution in [2.24, 2.45) is 10.9 Å². The van der Waals surface area contributed by atoms with Crippen molar-refractivity contribution in [2.45, 2.75) is 26.3 Å². The normalized spacial score (nSPS) is 23.4. The van der Waals surface area contributed by atoms with E-state index in [0.29, 0.717) is 5.92 Å². The molecular formula is C19H32ClN5S. The summed E-state index contributed by atoms with van der Waals surface area (Å²) in [6.45, 7) is 11.7. The van der Waals surface area contributed by atoms with Crippen molar-refractivity contribution in [3.63, 3.8) is 0 Å². The van der Waals surface area contributed by atoms with Crippen molar-refractivity contribution in [2.75, 3.05) is 59.4 Å². The standard InChI is InChI=1S/C19H32ClN5S/c1-3-21-19(22-13-16-5-4-8-23(2)14-16)25-11-9-24(10-12-25)15-17-6-7-18(20)26-17/h6-7,16H,3-5,8-15H2,1-2H3,(H,21,22). The van der Waals surface area contributed by atoms with Gasteiger partial charge in [0.25, 0.3) is 0 Å². The molecule has 1 aromatic heterocycles. The van der Waals surface area contributed by atoms with Gasteiger partial charge in [-0.25, -0.2) is 0 Å². The van der Waals surface area contributed by atoms with E-state index in [1.807, 2.05) is 6.07 Å². The second-order valence-corrected chi connectivity index (χ2v) is 9.23. The first kappa shape index (κ1) is 19.9. The number of piperazine rings is 1. The van der Waals surface area contributed by atoms with E-state index in [-0.39, 0.29) is 0 Å². The monoisotopic (exact) mass is 397 g/mol. The van der Waals surface area contributed by atoms with E-state index < -0.39 is 0 Å². The van der Waals surface area contributed by atoms with Gasteiger partial charge in [-0.1, -0.05) is 11.6 Å². The highest BCUT2D eigenvalue weighted by molar-refractivity contribution is 7.16. The molecule has 0 amide bonds. The van der Waals surface area contributed by atoms with E-state index in [2.05, 4.69) is 40.1 Å². The van der Waals surface area contributed by atoms with Crippen LogP contribution in [0.5, 0.6) is 0 Å². The topological polar surface area (TPSA) is 34.1 Å². The molecule has 7 heteroatoms. The highest BCUT2D eigenvalue weighted by atomic mass is 35.5. The first-order valence-corrected chi connectivity index (χ1v) is 11.0. The van der Waals surface area contributed by atoms with Crippen LogP contribution in [0.2, 0.25) is 4.34 Å². The minimum Gasteiger partial charge on any atom is -0.357 e. The molecule has 0 saturated carbocycles. The summed E-state index contributed by atoms with van der Waals surface area (Å²) in [5.41, 5.74) is 0. The molecule has 3 heterocycles. The number of likely N-dealkylation sites (tertiary alicyclic amines) is 1. The summed E-state index contributed by atoms with van der Waals surface area (Å²) < 4.78 is 0.883. The van der Waals surface area contributed by atoms with Crippen molar-refractivity contribution in [3.8, 4) is 0 Å². The summed E-state index contributed by atoms with van der Waals surface area (Å²) in [4.78, 5) is 13.7. The molecule has 5 nitrogen and oxygen atoms in total. The summed E-state index contributed by atoms with van der Waals surface area (Å²) in [7, 11) is 2.22. The molecule has 2 fully saturated rings. The number of nitrogens with zero attached hydrogens (tertiary/aromatic N) is 4. The summed E-state index contributed by atoms with van der Waals surface area (Å²) in [6.07, 6.45) is 2.61. The lowest BCUT2D eigenvalue weighted by atomic mass is 9.99. The number of guanidine groups is 1. The first-order chi connectivity index (χ1) is 12.6. The van der Waals surface area contributed by atoms with Gasteiger partial charge < -0.3 is 15.1 Å². The van der Waals surface area contributed by atoms with Gasteiger partial charge in [0.15, 0.2) is 5.96 Å². The zero-order chi connectivity index (χ0) is 18.4. The number of rotatable bonds is 5. The highest BCUT2D eigenvalue weighted by Gasteiger charge is 2.21. The molecule has 3 rings (SSSR count). The van der Waals surface area contributed by atoms with Gasteiger partial charge >= 0.3 is 0 Å². The molecule has 146 valence electrons. The van der Waals surface area contributed by atoms with E-state index in [9.17, 15) is 0 Å². The van der Waals surface area contributed by atoms with Gasteiger partial charge in [0.2, 0.25) is 0 Å². The summed E-state index contributed by atoms with van der Waals surface area (Å²) in [5, 5.41) is 3.50. The third-order valence-corrected chi connectivity index (χ3v) is 6.45. The smallest absolute Gasteiger partial charge is 0.194 e. The Morgan fingerprint density at radius 1 is 1.27 bits per heavy atom. The van der Waals surface area contributed by atoms with Crippen molar-refractivity contribution in [3.05, 3.63) is 21.3 Å². The highest BCUT2D eigenvalue weighted by Crippen LogP contribution is 2.23. The van der Waals surface area contributed by atoms with Gasteiger partial charge in [-0.3, -0.25) is 9.89 Å². The summed E-state index contributed by atoms with van der Waals surface area (Å²) in [6, 6.07) is 4.14. The van der Waals surface area contributed by atoms with Gasteiger partial charge in [-0.15, -0.1) is 11.3 Å². The van der Waals surface area contributed by atoms with E-state index >= 15 is 0 Å². The number of aliphatic imine (C=N–C) groups is 1. The van der Waals surface area contributed by atoms with Crippen LogP contribution in [-0.4, -0.2) is 80.1 Å². The fourth-order valence-electron chi connectivity index (χ4n) is 3.84. The molecule has 0 aromatic carbocycles. The van der Waals surface area contributed by atoms with Crippen LogP contribution in [-0.2, 0) is 6.54 Å². The average molecular weight is 398 g/mol. The molecule has 0 aliphatic carbocycles. The SMILES string of the molecule is CCNC(=NCC1CCCN(C)C1)N1CCN(Cc2ccc(Cl)s2)CC1. The molecule has 2 saturated heterocycles. The Bertz CT molecular complexity index is 582. The molecule has 0 radical (unpaired) electrons. The number of halogens is 1. The van der Waals surface area contributed by atoms with Gasteiger partial charge in [0.05, 0.1) is 4.34 Å². The molecule has 0 spiro atoms. The van der Waals surface area contributed by atoms with Crippen LogP contribution in [0.4, 0.5) is 0 Å². The maximum atomic E-state index is 6.05. The van der Waals surface area contributed by atoms with Crippen LogP contribution in [0.25, 0.3) is 0 Å². The van der Waals surface area contributed by atoms with Gasteiger partial charge in [-0.05, 0) is 51.4 Å². The van der Waals surface area contributed by atoms with Crippen LogP contribution in [0, 0.1) is 5.92 Å². The Morgan fingerprint density at radius 2 is 2.08 bits per heavy atom. The zero-order valence-electron chi connectivity index (χ0n) is 16.1. The number of piperidine rings is 1. The van der Waals surface area contributed by atoms with Crippen LogP contribution in [0.15, 0.2) is 17.1 Å². The van der Waals surface area contributed by atoms with Crippen LogP contribution >= 0.6 is 22.9 Å². The third-order valence-electron chi connectivity index (χ3n) is 5.24. The largest absolute Gasteiger partial charge is 0.357 e. The Balaban J connectivity index is 1.50. The minimum absolute atomic E-state index is 0.701. The molecule has 0 bridgehead atoms. The maximum absolute atomic E-state index is 6.05. The van der Waals surface area contributed by atoms with E-state index in [1.54, 1.807) is 11.3 Å². The average Bonchev–Trinajstić information content (AvgIpc) is 3.04. The van der Waals surface area contributed by atoms with Gasteiger partial charge in [0, 0.05) is 57.2 Å². The van der Waals surface area contributed by atoms with Crippen LogP contribution in [0.1, 0.15) is 24.6 Å². The Morgan fingerprint density at radius 3 is 2.73 bits per heavy atom. The number of thiophene rings is 1. The molecular weight excluding hydrogens is 366 g/mol. The minimum atomic E-state index is 0.701. The molecule has 1 aromatic rings. The number of hydrogen-bond acceptors (Lipinski definition) is 4. The predicted molar refractivity (Wildman–Crippen MR) is 112 cm³/mol. The van der Waals surface area contributed by atoms with Crippen molar-refractivity contribution >= 4 is 28.9 Å². The van der Waals surface area contributed by atoms with E-state index in [1.165, 1.54) is 30.8 Å². The molecule has 1 unspecified atom stereocenters. The van der Waals surface area contributed by atoms with Crippen molar-refractivity contribution in [1.82, 2.24) is 20.0 Å². The third kappa shape index (κ3) is 5.84.